The Morgan fingerprint density at radius 3 is 2.56 bits per heavy atom. The molecule has 0 fully saturated rings. The van der Waals surface area contributed by atoms with Crippen LogP contribution < -0.4 is 5.32 Å². The van der Waals surface area contributed by atoms with Crippen LogP contribution in [0.1, 0.15) is 0 Å². The van der Waals surface area contributed by atoms with Crippen molar-refractivity contribution in [3.05, 3.63) is 60.3 Å². The van der Waals surface area contributed by atoms with E-state index in [0.717, 1.165) is 5.69 Å². The third-order valence-corrected chi connectivity index (χ3v) is 2.67. The van der Waals surface area contributed by atoms with Crippen LogP contribution in [0.15, 0.2) is 65.4 Å². The van der Waals surface area contributed by atoms with Crippen molar-refractivity contribution in [2.45, 2.75) is 5.16 Å². The van der Waals surface area contributed by atoms with E-state index in [0.29, 0.717) is 5.16 Å². The highest BCUT2D eigenvalue weighted by Gasteiger charge is 1.96. The van der Waals surface area contributed by atoms with Gasteiger partial charge in [0.15, 0.2) is 5.16 Å². The van der Waals surface area contributed by atoms with Crippen molar-refractivity contribution in [1.29, 1.82) is 0 Å². The number of rotatable bonds is 4. The van der Waals surface area contributed by atoms with E-state index in [1.165, 1.54) is 17.8 Å². The van der Waals surface area contributed by atoms with Crippen LogP contribution in [0, 0.1) is 0 Å². The van der Waals surface area contributed by atoms with Crippen LogP contribution in [0.5, 0.6) is 0 Å². The molecule has 2 aromatic rings. The van der Waals surface area contributed by atoms with Crippen LogP contribution in [0.3, 0.4) is 0 Å². The molecular formula is C13H11N3OS. The molecule has 0 aliphatic carbocycles. The van der Waals surface area contributed by atoms with Gasteiger partial charge in [0.05, 0.1) is 0 Å². The van der Waals surface area contributed by atoms with Crippen molar-refractivity contribution in [3.63, 3.8) is 0 Å². The molecule has 1 aromatic heterocycles. The Morgan fingerprint density at radius 2 is 1.83 bits per heavy atom. The zero-order valence-corrected chi connectivity index (χ0v) is 10.3. The second kappa shape index (κ2) is 6.56. The number of hydrogen-bond donors (Lipinski definition) is 1. The van der Waals surface area contributed by atoms with Gasteiger partial charge in [-0.25, -0.2) is 9.97 Å². The maximum Gasteiger partial charge on any atom is 0.248 e. The van der Waals surface area contributed by atoms with Gasteiger partial charge in [-0.05, 0) is 23.6 Å². The molecule has 0 aliphatic heterocycles. The molecule has 0 saturated heterocycles. The number of thioether (sulfide) groups is 1. The van der Waals surface area contributed by atoms with E-state index in [9.17, 15) is 4.79 Å². The molecule has 0 atom stereocenters. The fourth-order valence-corrected chi connectivity index (χ4v) is 1.77. The highest BCUT2D eigenvalue weighted by atomic mass is 32.2. The number of nitrogens with zero attached hydrogens (tertiary/aromatic N) is 2. The zero-order valence-electron chi connectivity index (χ0n) is 9.48. The molecular weight excluding hydrogens is 246 g/mol. The summed E-state index contributed by atoms with van der Waals surface area (Å²) in [5, 5.41) is 5.02. The van der Waals surface area contributed by atoms with Crippen LogP contribution in [-0.2, 0) is 4.79 Å². The number of carbonyl (C=O) groups is 1. The first kappa shape index (κ1) is 12.3. The van der Waals surface area contributed by atoms with Gasteiger partial charge in [0, 0.05) is 24.2 Å². The number of amides is 1. The molecule has 0 radical (unpaired) electrons. The third-order valence-electron chi connectivity index (χ3n) is 1.98. The van der Waals surface area contributed by atoms with E-state index < -0.39 is 0 Å². The van der Waals surface area contributed by atoms with E-state index in [2.05, 4.69) is 15.3 Å². The molecule has 18 heavy (non-hydrogen) atoms. The lowest BCUT2D eigenvalue weighted by Gasteiger charge is -2.00. The molecule has 1 heterocycles. The van der Waals surface area contributed by atoms with Crippen LogP contribution in [-0.4, -0.2) is 15.9 Å². The lowest BCUT2D eigenvalue weighted by Crippen LogP contribution is -2.07. The predicted molar refractivity (Wildman–Crippen MR) is 72.1 cm³/mol. The van der Waals surface area contributed by atoms with Gasteiger partial charge in [-0.15, -0.1) is 0 Å². The fourth-order valence-electron chi connectivity index (χ4n) is 1.21. The molecule has 0 bridgehead atoms. The van der Waals surface area contributed by atoms with Gasteiger partial charge < -0.3 is 5.32 Å². The number of nitrogens with one attached hydrogen (secondary N) is 1. The number of para-hydroxylation sites is 1. The molecule has 5 heteroatoms. The summed E-state index contributed by atoms with van der Waals surface area (Å²) in [7, 11) is 0. The van der Waals surface area contributed by atoms with Gasteiger partial charge in [-0.3, -0.25) is 4.79 Å². The molecule has 1 N–H and O–H groups in total. The summed E-state index contributed by atoms with van der Waals surface area (Å²) in [5.41, 5.74) is 0.771. The predicted octanol–water partition coefficient (Wildman–Crippen LogP) is 2.72. The van der Waals surface area contributed by atoms with E-state index in [1.807, 2.05) is 30.3 Å². The lowest BCUT2D eigenvalue weighted by atomic mass is 10.3. The molecule has 1 amide bonds. The average Bonchev–Trinajstić information content (AvgIpc) is 2.41. The summed E-state index contributed by atoms with van der Waals surface area (Å²) in [4.78, 5) is 19.6. The van der Waals surface area contributed by atoms with Crippen LogP contribution in [0.25, 0.3) is 0 Å². The summed E-state index contributed by atoms with van der Waals surface area (Å²) >= 11 is 1.30. The molecule has 0 unspecified atom stereocenters. The molecule has 90 valence electrons. The van der Waals surface area contributed by atoms with Gasteiger partial charge in [0.25, 0.3) is 0 Å². The van der Waals surface area contributed by atoms with Gasteiger partial charge in [-0.2, -0.15) is 0 Å². The van der Waals surface area contributed by atoms with Gasteiger partial charge in [-0.1, -0.05) is 30.0 Å². The van der Waals surface area contributed by atoms with E-state index >= 15 is 0 Å². The quantitative estimate of drug-likeness (QED) is 0.520. The maximum absolute atomic E-state index is 11.6. The number of hydrogen-bond acceptors (Lipinski definition) is 4. The largest absolute Gasteiger partial charge is 0.322 e. The fraction of sp³-hybridized carbons (Fsp3) is 0. The van der Waals surface area contributed by atoms with Crippen molar-refractivity contribution < 1.29 is 4.79 Å². The maximum atomic E-state index is 11.6. The first-order valence-corrected chi connectivity index (χ1v) is 6.19. The Balaban J connectivity index is 1.85. The SMILES string of the molecule is O=C(C=CSc1ncccn1)Nc1ccccc1. The molecule has 4 nitrogen and oxygen atoms in total. The molecule has 0 aliphatic rings. The summed E-state index contributed by atoms with van der Waals surface area (Å²) in [6, 6.07) is 11.0. The number of carbonyl (C=O) groups excluding carboxylic acids is 1. The van der Waals surface area contributed by atoms with Crippen LogP contribution >= 0.6 is 11.8 Å². The minimum Gasteiger partial charge on any atom is -0.322 e. The number of benzene rings is 1. The van der Waals surface area contributed by atoms with Gasteiger partial charge in [0.1, 0.15) is 0 Å². The van der Waals surface area contributed by atoms with E-state index in [1.54, 1.807) is 23.9 Å². The summed E-state index contributed by atoms with van der Waals surface area (Å²) in [6.45, 7) is 0. The Kier molecular flexibility index (Phi) is 4.49. The number of aromatic nitrogens is 2. The second-order valence-electron chi connectivity index (χ2n) is 3.31. The van der Waals surface area contributed by atoms with Gasteiger partial charge >= 0.3 is 0 Å². The van der Waals surface area contributed by atoms with Crippen molar-refractivity contribution in [1.82, 2.24) is 9.97 Å². The van der Waals surface area contributed by atoms with Crippen molar-refractivity contribution in [2.24, 2.45) is 0 Å². The average molecular weight is 257 g/mol. The minimum absolute atomic E-state index is 0.176. The Hall–Kier alpha value is -2.14. The molecule has 2 rings (SSSR count). The van der Waals surface area contributed by atoms with Gasteiger partial charge in [0.2, 0.25) is 5.91 Å². The Morgan fingerprint density at radius 1 is 1.11 bits per heavy atom. The van der Waals surface area contributed by atoms with E-state index in [4.69, 9.17) is 0 Å². The lowest BCUT2D eigenvalue weighted by molar-refractivity contribution is -0.111. The van der Waals surface area contributed by atoms with Crippen molar-refractivity contribution >= 4 is 23.4 Å². The highest BCUT2D eigenvalue weighted by Crippen LogP contribution is 2.12. The highest BCUT2D eigenvalue weighted by molar-refractivity contribution is 8.02. The summed E-state index contributed by atoms with van der Waals surface area (Å²) in [6.07, 6.45) is 4.77. The van der Waals surface area contributed by atoms with Crippen LogP contribution in [0.4, 0.5) is 5.69 Å². The Bertz CT molecular complexity index is 528. The normalized spacial score (nSPS) is 10.4. The standard InChI is InChI=1S/C13H11N3OS/c17-12(16-11-5-2-1-3-6-11)7-10-18-13-14-8-4-9-15-13/h1-10H,(H,16,17). The molecule has 0 saturated carbocycles. The third kappa shape index (κ3) is 4.03. The number of anilines is 1. The summed E-state index contributed by atoms with van der Waals surface area (Å²) < 4.78 is 0. The second-order valence-corrected chi connectivity index (χ2v) is 4.18. The smallest absolute Gasteiger partial charge is 0.248 e. The Labute approximate surface area is 109 Å². The minimum atomic E-state index is -0.176. The van der Waals surface area contributed by atoms with E-state index in [-0.39, 0.29) is 5.91 Å². The summed E-state index contributed by atoms with van der Waals surface area (Å²) in [5.74, 6) is -0.176. The molecule has 1 aromatic carbocycles. The van der Waals surface area contributed by atoms with Crippen LogP contribution in [0.2, 0.25) is 0 Å². The topological polar surface area (TPSA) is 54.9 Å². The zero-order chi connectivity index (χ0) is 12.6. The first-order valence-electron chi connectivity index (χ1n) is 5.31. The monoisotopic (exact) mass is 257 g/mol. The van der Waals surface area contributed by atoms with Crippen molar-refractivity contribution in [2.75, 3.05) is 5.32 Å². The molecule has 0 spiro atoms. The first-order chi connectivity index (χ1) is 8.84. The van der Waals surface area contributed by atoms with Crippen molar-refractivity contribution in [3.8, 4) is 0 Å².